The first kappa shape index (κ1) is 19.2. The Balaban J connectivity index is 1.78. The molecule has 3 aromatic carbocycles. The lowest BCUT2D eigenvalue weighted by atomic mass is 10.2. The summed E-state index contributed by atoms with van der Waals surface area (Å²) in [7, 11) is -3.86. The number of anilines is 4. The van der Waals surface area contributed by atoms with Crippen LogP contribution >= 0.6 is 15.9 Å². The van der Waals surface area contributed by atoms with Crippen molar-refractivity contribution in [2.45, 2.75) is 4.90 Å². The van der Waals surface area contributed by atoms with Gasteiger partial charge in [0.2, 0.25) is 0 Å². The summed E-state index contributed by atoms with van der Waals surface area (Å²) in [5.41, 5.74) is 8.27. The van der Waals surface area contributed by atoms with Gasteiger partial charge < -0.3 is 11.1 Å². The first-order valence-electron chi connectivity index (χ1n) is 8.58. The van der Waals surface area contributed by atoms with Crippen LogP contribution in [0.3, 0.4) is 0 Å². The maximum atomic E-state index is 12.9. The summed E-state index contributed by atoms with van der Waals surface area (Å²) in [4.78, 5) is 9.13. The molecule has 1 heterocycles. The van der Waals surface area contributed by atoms with Gasteiger partial charge in [-0.05, 0) is 54.6 Å². The lowest BCUT2D eigenvalue weighted by molar-refractivity contribution is 0.601. The molecule has 4 N–H and O–H groups in total. The lowest BCUT2D eigenvalue weighted by Crippen LogP contribution is -2.16. The molecule has 0 amide bonds. The molecule has 4 rings (SSSR count). The Labute approximate surface area is 176 Å². The summed E-state index contributed by atoms with van der Waals surface area (Å²) >= 11 is 3.30. The Morgan fingerprint density at radius 3 is 2.14 bits per heavy atom. The molecule has 0 saturated heterocycles. The molecule has 0 aliphatic rings. The third-order valence-corrected chi connectivity index (χ3v) is 5.96. The Kier molecular flexibility index (Phi) is 5.08. The molecular formula is C20H16BrN5O2S. The van der Waals surface area contributed by atoms with E-state index in [0.717, 1.165) is 4.47 Å². The van der Waals surface area contributed by atoms with E-state index in [1.54, 1.807) is 48.5 Å². The van der Waals surface area contributed by atoms with Gasteiger partial charge in [0.1, 0.15) is 0 Å². The molecule has 0 saturated carbocycles. The van der Waals surface area contributed by atoms with Crippen molar-refractivity contribution in [3.63, 3.8) is 0 Å². The number of rotatable bonds is 5. The number of benzene rings is 3. The second-order valence-electron chi connectivity index (χ2n) is 6.22. The molecule has 1 aromatic heterocycles. The monoisotopic (exact) mass is 469 g/mol. The molecule has 0 atom stereocenters. The summed E-state index contributed by atoms with van der Waals surface area (Å²) < 4.78 is 29.1. The minimum atomic E-state index is -3.86. The van der Waals surface area contributed by atoms with Gasteiger partial charge in [-0.2, -0.15) is 0 Å². The van der Waals surface area contributed by atoms with Crippen LogP contribution in [0.4, 0.5) is 23.0 Å². The van der Waals surface area contributed by atoms with E-state index in [-0.39, 0.29) is 16.5 Å². The molecule has 7 nitrogen and oxygen atoms in total. The minimum absolute atomic E-state index is 0.0917. The van der Waals surface area contributed by atoms with Gasteiger partial charge in [0, 0.05) is 15.8 Å². The van der Waals surface area contributed by atoms with E-state index in [1.807, 2.05) is 12.1 Å². The normalized spacial score (nSPS) is 11.3. The summed E-state index contributed by atoms with van der Waals surface area (Å²) in [5.74, 6) is 0.365. The molecule has 0 aliphatic heterocycles. The summed E-state index contributed by atoms with van der Waals surface area (Å²) in [5, 5.41) is 3.10. The number of nitrogen functional groups attached to an aromatic ring is 1. The number of halogens is 1. The molecule has 29 heavy (non-hydrogen) atoms. The van der Waals surface area contributed by atoms with Gasteiger partial charge in [0.15, 0.2) is 11.6 Å². The van der Waals surface area contributed by atoms with Gasteiger partial charge in [0.25, 0.3) is 10.0 Å². The van der Waals surface area contributed by atoms with Crippen molar-refractivity contribution in [2.24, 2.45) is 0 Å². The molecule has 0 radical (unpaired) electrons. The zero-order valence-electron chi connectivity index (χ0n) is 15.0. The van der Waals surface area contributed by atoms with E-state index in [4.69, 9.17) is 5.73 Å². The highest BCUT2D eigenvalue weighted by atomic mass is 79.9. The van der Waals surface area contributed by atoms with E-state index >= 15 is 0 Å². The van der Waals surface area contributed by atoms with Gasteiger partial charge in [-0.1, -0.05) is 34.1 Å². The minimum Gasteiger partial charge on any atom is -0.399 e. The fourth-order valence-electron chi connectivity index (χ4n) is 2.71. The maximum absolute atomic E-state index is 12.9. The third kappa shape index (κ3) is 4.30. The van der Waals surface area contributed by atoms with Crippen LogP contribution < -0.4 is 15.8 Å². The second-order valence-corrected chi connectivity index (χ2v) is 8.82. The first-order chi connectivity index (χ1) is 13.9. The lowest BCUT2D eigenvalue weighted by Gasteiger charge is -2.14. The molecular weight excluding hydrogens is 454 g/mol. The first-order valence-corrected chi connectivity index (χ1v) is 10.9. The van der Waals surface area contributed by atoms with Crippen LogP contribution in [-0.4, -0.2) is 18.4 Å². The predicted molar refractivity (Wildman–Crippen MR) is 119 cm³/mol. The Morgan fingerprint density at radius 1 is 0.828 bits per heavy atom. The van der Waals surface area contributed by atoms with Crippen LogP contribution in [0.15, 0.2) is 82.2 Å². The number of aromatic nitrogens is 2. The molecule has 4 aromatic rings. The van der Waals surface area contributed by atoms with Crippen LogP contribution in [0.5, 0.6) is 0 Å². The highest BCUT2D eigenvalue weighted by Crippen LogP contribution is 2.28. The molecule has 0 bridgehead atoms. The molecule has 0 fully saturated rings. The van der Waals surface area contributed by atoms with Crippen molar-refractivity contribution in [1.29, 1.82) is 0 Å². The number of hydrogen-bond donors (Lipinski definition) is 3. The van der Waals surface area contributed by atoms with Gasteiger partial charge in [-0.3, -0.25) is 4.72 Å². The number of nitrogens with two attached hydrogens (primary N) is 1. The topological polar surface area (TPSA) is 110 Å². The van der Waals surface area contributed by atoms with Crippen molar-refractivity contribution < 1.29 is 8.42 Å². The van der Waals surface area contributed by atoms with Gasteiger partial charge in [-0.15, -0.1) is 0 Å². The molecule has 0 unspecified atom stereocenters. The fourth-order valence-corrected chi connectivity index (χ4v) is 3.98. The fraction of sp³-hybridized carbons (Fsp3) is 0. The predicted octanol–water partition coefficient (Wildman–Crippen LogP) is 4.52. The zero-order chi connectivity index (χ0) is 20.4. The standard InChI is InChI=1S/C20H16BrN5O2S/c21-13-8-10-16(11-9-13)29(27,28)26-20-19(23-15-5-3-4-14(22)12-15)24-17-6-1-2-7-18(17)25-20/h1-12H,22H2,(H,23,24)(H,25,26). The van der Waals surface area contributed by atoms with E-state index < -0.39 is 10.0 Å². The largest absolute Gasteiger partial charge is 0.399 e. The highest BCUT2D eigenvalue weighted by Gasteiger charge is 2.19. The van der Waals surface area contributed by atoms with Crippen LogP contribution in [0.1, 0.15) is 0 Å². The molecule has 146 valence electrons. The van der Waals surface area contributed by atoms with Gasteiger partial charge in [-0.25, -0.2) is 18.4 Å². The van der Waals surface area contributed by atoms with Gasteiger partial charge >= 0.3 is 0 Å². The van der Waals surface area contributed by atoms with E-state index in [0.29, 0.717) is 22.4 Å². The maximum Gasteiger partial charge on any atom is 0.263 e. The van der Waals surface area contributed by atoms with Crippen molar-refractivity contribution in [2.75, 3.05) is 15.8 Å². The van der Waals surface area contributed by atoms with Crippen LogP contribution in [0.25, 0.3) is 11.0 Å². The summed E-state index contributed by atoms with van der Waals surface area (Å²) in [6, 6.07) is 20.6. The molecule has 0 spiro atoms. The van der Waals surface area contributed by atoms with Crippen LogP contribution in [0, 0.1) is 0 Å². The smallest absolute Gasteiger partial charge is 0.263 e. The number of fused-ring (bicyclic) bond motifs is 1. The summed E-state index contributed by atoms with van der Waals surface area (Å²) in [6.07, 6.45) is 0. The van der Waals surface area contributed by atoms with Crippen molar-refractivity contribution in [3.8, 4) is 0 Å². The van der Waals surface area contributed by atoms with Crippen molar-refractivity contribution in [3.05, 3.63) is 77.3 Å². The van der Waals surface area contributed by atoms with E-state index in [2.05, 4.69) is 35.9 Å². The van der Waals surface area contributed by atoms with Gasteiger partial charge in [0.05, 0.1) is 15.9 Å². The number of nitrogens with zero attached hydrogens (tertiary/aromatic N) is 2. The summed E-state index contributed by atoms with van der Waals surface area (Å²) in [6.45, 7) is 0. The Bertz CT molecular complexity index is 1290. The number of nitrogens with one attached hydrogen (secondary N) is 2. The zero-order valence-corrected chi connectivity index (χ0v) is 17.4. The second kappa shape index (κ2) is 7.69. The van der Waals surface area contributed by atoms with Crippen LogP contribution in [0.2, 0.25) is 0 Å². The van der Waals surface area contributed by atoms with E-state index in [1.165, 1.54) is 12.1 Å². The van der Waals surface area contributed by atoms with Crippen molar-refractivity contribution in [1.82, 2.24) is 9.97 Å². The number of hydrogen-bond acceptors (Lipinski definition) is 6. The Morgan fingerprint density at radius 2 is 1.48 bits per heavy atom. The third-order valence-electron chi connectivity index (χ3n) is 4.07. The average Bonchev–Trinajstić information content (AvgIpc) is 2.68. The Hall–Kier alpha value is -3.17. The quantitative estimate of drug-likeness (QED) is 0.370. The molecule has 0 aliphatic carbocycles. The number of sulfonamides is 1. The van der Waals surface area contributed by atoms with E-state index in [9.17, 15) is 8.42 Å². The van der Waals surface area contributed by atoms with Crippen LogP contribution in [-0.2, 0) is 10.0 Å². The number of para-hydroxylation sites is 2. The SMILES string of the molecule is Nc1cccc(Nc2nc3ccccc3nc2NS(=O)(=O)c2ccc(Br)cc2)c1. The average molecular weight is 470 g/mol. The molecule has 9 heteroatoms. The van der Waals surface area contributed by atoms with Crippen molar-refractivity contribution >= 4 is 60.0 Å². The highest BCUT2D eigenvalue weighted by molar-refractivity contribution is 9.10.